The number of aliphatic carboxylic acids is 1. The van der Waals surface area contributed by atoms with E-state index in [4.69, 9.17) is 16.6 Å². The van der Waals surface area contributed by atoms with Crippen LogP contribution < -0.4 is 16.2 Å². The van der Waals surface area contributed by atoms with Crippen molar-refractivity contribution in [3.8, 4) is 5.75 Å². The van der Waals surface area contributed by atoms with E-state index in [1.54, 1.807) is 60.7 Å². The molecular weight excluding hydrogens is 484 g/mol. The number of phenolic OH excluding ortho intramolecular Hbond substituents is 1. The third-order valence-electron chi connectivity index (χ3n) is 5.57. The number of aromatic nitrogens is 2. The minimum Gasteiger partial charge on any atom is -0.508 e. The topological polar surface area (TPSA) is 134 Å². The number of rotatable bonds is 8. The smallest absolute Gasteiger partial charge is 0.319 e. The van der Waals surface area contributed by atoms with Crippen LogP contribution in [-0.2, 0) is 11.3 Å². The first kappa shape index (κ1) is 24.7. The molecule has 0 bridgehead atoms. The van der Waals surface area contributed by atoms with Crippen molar-refractivity contribution in [1.82, 2.24) is 14.9 Å². The number of amides is 2. The molecule has 0 fully saturated rings. The predicted octanol–water partition coefficient (Wildman–Crippen LogP) is 4.18. The van der Waals surface area contributed by atoms with Crippen molar-refractivity contribution in [3.05, 3.63) is 99.6 Å². The van der Waals surface area contributed by atoms with Crippen molar-refractivity contribution in [1.29, 1.82) is 0 Å². The average molecular weight is 507 g/mol. The molecule has 0 saturated carbocycles. The van der Waals surface area contributed by atoms with E-state index < -0.39 is 17.9 Å². The minimum absolute atomic E-state index is 0.00687. The summed E-state index contributed by atoms with van der Waals surface area (Å²) in [6.45, 7) is -0.0588. The summed E-state index contributed by atoms with van der Waals surface area (Å²) in [5, 5.41) is 25.1. The van der Waals surface area contributed by atoms with Gasteiger partial charge >= 0.3 is 12.0 Å². The summed E-state index contributed by atoms with van der Waals surface area (Å²) < 4.78 is 1.34. The van der Waals surface area contributed by atoms with Gasteiger partial charge in [0, 0.05) is 29.9 Å². The number of phenols is 1. The highest BCUT2D eigenvalue weighted by atomic mass is 35.5. The van der Waals surface area contributed by atoms with Gasteiger partial charge in [-0.05, 0) is 42.0 Å². The number of halogens is 1. The lowest BCUT2D eigenvalue weighted by Gasteiger charge is -2.22. The fourth-order valence-corrected chi connectivity index (χ4v) is 4.11. The molecule has 184 valence electrons. The first-order valence-electron chi connectivity index (χ1n) is 11.1. The number of carbonyl (C=O) groups is 2. The number of para-hydroxylation sites is 1. The van der Waals surface area contributed by atoms with Gasteiger partial charge in [-0.15, -0.1) is 0 Å². The number of anilines is 1. The molecule has 3 aromatic carbocycles. The number of nitrogens with zero attached hydrogens (tertiary/aromatic N) is 2. The number of hydrogen-bond donors (Lipinski definition) is 4. The fraction of sp³-hybridized carbons (Fsp3) is 0.154. The van der Waals surface area contributed by atoms with Gasteiger partial charge in [-0.25, -0.2) is 9.78 Å². The highest BCUT2D eigenvalue weighted by molar-refractivity contribution is 6.30. The fourth-order valence-electron chi connectivity index (χ4n) is 3.91. The summed E-state index contributed by atoms with van der Waals surface area (Å²) in [5.41, 5.74) is 1.17. The van der Waals surface area contributed by atoms with Gasteiger partial charge in [0.05, 0.1) is 23.2 Å². The second-order valence-corrected chi connectivity index (χ2v) is 8.52. The van der Waals surface area contributed by atoms with E-state index >= 15 is 0 Å². The van der Waals surface area contributed by atoms with Crippen LogP contribution in [0.4, 0.5) is 10.5 Å². The molecule has 4 rings (SSSR count). The maximum absolute atomic E-state index is 13.4. The second-order valence-electron chi connectivity index (χ2n) is 8.08. The normalized spacial score (nSPS) is 11.7. The third-order valence-corrected chi connectivity index (χ3v) is 5.81. The second kappa shape index (κ2) is 10.9. The van der Waals surface area contributed by atoms with Crippen molar-refractivity contribution in [2.24, 2.45) is 0 Å². The summed E-state index contributed by atoms with van der Waals surface area (Å²) in [6, 6.07) is 19.4. The van der Waals surface area contributed by atoms with Crippen LogP contribution in [0.15, 0.2) is 77.6 Å². The Morgan fingerprint density at radius 3 is 2.56 bits per heavy atom. The minimum atomic E-state index is -1.05. The maximum atomic E-state index is 13.4. The molecule has 9 nitrogen and oxygen atoms in total. The number of carboxylic acids is 1. The molecule has 0 aliphatic carbocycles. The van der Waals surface area contributed by atoms with Crippen LogP contribution in [0.5, 0.6) is 5.75 Å². The summed E-state index contributed by atoms with van der Waals surface area (Å²) >= 11 is 6.24. The zero-order valence-electron chi connectivity index (χ0n) is 19.0. The Balaban J connectivity index is 1.74. The SMILES string of the molecule is O=C(O)CCn1c(C(CNC(=O)Nc2cccc(O)c2)c2cccc(Cl)c2)nc2ccccc2c1=O. The van der Waals surface area contributed by atoms with Crippen LogP contribution in [-0.4, -0.2) is 38.3 Å². The summed E-state index contributed by atoms with van der Waals surface area (Å²) in [7, 11) is 0. The number of fused-ring (bicyclic) bond motifs is 1. The van der Waals surface area contributed by atoms with E-state index in [-0.39, 0.29) is 30.8 Å². The molecule has 0 aliphatic heterocycles. The molecule has 1 atom stereocenters. The van der Waals surface area contributed by atoms with Crippen LogP contribution in [0, 0.1) is 0 Å². The van der Waals surface area contributed by atoms with Crippen molar-refractivity contribution in [3.63, 3.8) is 0 Å². The van der Waals surface area contributed by atoms with Crippen LogP contribution in [0.3, 0.4) is 0 Å². The van der Waals surface area contributed by atoms with Crippen molar-refractivity contribution >= 4 is 40.2 Å². The summed E-state index contributed by atoms with van der Waals surface area (Å²) in [4.78, 5) is 42.0. The van der Waals surface area contributed by atoms with E-state index in [1.807, 2.05) is 0 Å². The van der Waals surface area contributed by atoms with Crippen LogP contribution >= 0.6 is 11.6 Å². The Kier molecular flexibility index (Phi) is 7.50. The maximum Gasteiger partial charge on any atom is 0.319 e. The summed E-state index contributed by atoms with van der Waals surface area (Å²) in [6.07, 6.45) is -0.277. The molecule has 1 heterocycles. The molecule has 36 heavy (non-hydrogen) atoms. The Morgan fingerprint density at radius 1 is 1.03 bits per heavy atom. The van der Waals surface area contributed by atoms with E-state index in [2.05, 4.69) is 10.6 Å². The molecule has 0 aliphatic rings. The number of nitrogens with one attached hydrogen (secondary N) is 2. The molecule has 0 spiro atoms. The molecule has 4 N–H and O–H groups in total. The summed E-state index contributed by atoms with van der Waals surface area (Å²) in [5.74, 6) is -1.36. The van der Waals surface area contributed by atoms with E-state index in [1.165, 1.54) is 16.7 Å². The predicted molar refractivity (Wildman–Crippen MR) is 137 cm³/mol. The van der Waals surface area contributed by atoms with Gasteiger partial charge in [0.25, 0.3) is 5.56 Å². The molecule has 2 amide bonds. The largest absolute Gasteiger partial charge is 0.508 e. The molecular formula is C26H23ClN4O5. The quantitative estimate of drug-likeness (QED) is 0.283. The van der Waals surface area contributed by atoms with Crippen LogP contribution in [0.25, 0.3) is 10.9 Å². The Morgan fingerprint density at radius 2 is 1.81 bits per heavy atom. The number of urea groups is 1. The molecule has 1 aromatic heterocycles. The van der Waals surface area contributed by atoms with Gasteiger partial charge in [-0.1, -0.05) is 41.9 Å². The van der Waals surface area contributed by atoms with E-state index in [9.17, 15) is 24.6 Å². The zero-order chi connectivity index (χ0) is 25.7. The first-order chi connectivity index (χ1) is 17.3. The number of hydrogen-bond acceptors (Lipinski definition) is 5. The highest BCUT2D eigenvalue weighted by Gasteiger charge is 2.23. The van der Waals surface area contributed by atoms with Crippen LogP contribution in [0.2, 0.25) is 5.02 Å². The highest BCUT2D eigenvalue weighted by Crippen LogP contribution is 2.26. The van der Waals surface area contributed by atoms with Crippen molar-refractivity contribution < 1.29 is 19.8 Å². The van der Waals surface area contributed by atoms with Crippen molar-refractivity contribution in [2.45, 2.75) is 18.9 Å². The number of benzene rings is 3. The monoisotopic (exact) mass is 506 g/mol. The Bertz CT molecular complexity index is 1490. The average Bonchev–Trinajstić information content (AvgIpc) is 2.84. The Labute approximate surface area is 211 Å². The Hall–Kier alpha value is -4.37. The van der Waals surface area contributed by atoms with E-state index in [0.717, 1.165) is 0 Å². The molecule has 1 unspecified atom stereocenters. The zero-order valence-corrected chi connectivity index (χ0v) is 19.8. The molecule has 0 saturated heterocycles. The first-order valence-corrected chi connectivity index (χ1v) is 11.5. The number of carbonyl (C=O) groups excluding carboxylic acids is 1. The lowest BCUT2D eigenvalue weighted by molar-refractivity contribution is -0.137. The lowest BCUT2D eigenvalue weighted by Crippen LogP contribution is -2.36. The van der Waals surface area contributed by atoms with Gasteiger partial charge in [-0.2, -0.15) is 0 Å². The van der Waals surface area contributed by atoms with Crippen molar-refractivity contribution in [2.75, 3.05) is 11.9 Å². The molecule has 0 radical (unpaired) electrons. The standard InChI is InChI=1S/C26H23ClN4O5/c27-17-6-3-5-16(13-17)21(15-28-26(36)29-18-7-4-8-19(32)14-18)24-30-22-10-2-1-9-20(22)25(35)31(24)12-11-23(33)34/h1-10,13-14,21,32H,11-12,15H2,(H,33,34)(H2,28,29,36). The molecule has 10 heteroatoms. The number of aromatic hydroxyl groups is 1. The lowest BCUT2D eigenvalue weighted by atomic mass is 9.97. The van der Waals surface area contributed by atoms with Crippen LogP contribution in [0.1, 0.15) is 23.7 Å². The van der Waals surface area contributed by atoms with E-state index in [0.29, 0.717) is 33.0 Å². The van der Waals surface area contributed by atoms with Gasteiger partial charge in [0.15, 0.2) is 0 Å². The molecule has 4 aromatic rings. The van der Waals surface area contributed by atoms with Gasteiger partial charge in [-0.3, -0.25) is 14.2 Å². The van der Waals surface area contributed by atoms with Gasteiger partial charge < -0.3 is 20.8 Å². The van der Waals surface area contributed by atoms with Gasteiger partial charge in [0.2, 0.25) is 0 Å². The third kappa shape index (κ3) is 5.81. The van der Waals surface area contributed by atoms with Gasteiger partial charge in [0.1, 0.15) is 11.6 Å². The number of carboxylic acid groups (broad SMARTS) is 1.